The van der Waals surface area contributed by atoms with E-state index in [0.717, 1.165) is 29.2 Å². The van der Waals surface area contributed by atoms with Crippen LogP contribution < -0.4 is 11.1 Å². The highest BCUT2D eigenvalue weighted by Gasteiger charge is 2.41. The Kier molecular flexibility index (Phi) is 8.20. The van der Waals surface area contributed by atoms with Gasteiger partial charge in [-0.25, -0.2) is 4.39 Å². The second-order valence-corrected chi connectivity index (χ2v) is 11.8. The number of halogens is 1. The Labute approximate surface area is 207 Å². The molecule has 2 aromatic carbocycles. The standard InChI is InChI=1S/C28H38FN3OS/c1-19-15-23(29)9-14-27(19)28(33,16-25-17-31-18-32-25)20(2)34-26-12-7-22(8-13-26)4-3-21-5-10-24(30)11-6-21/h5-6,9-11,14-15,18,20,22,25-26,33H,3-4,7-8,12-13,16-17,30H2,1-2H3,(H,31,32)/t20?,22?,25?,26?,28-/m1/s1. The maximum absolute atomic E-state index is 13.8. The van der Waals surface area contributed by atoms with Crippen molar-refractivity contribution in [2.75, 3.05) is 12.3 Å². The summed E-state index contributed by atoms with van der Waals surface area (Å²) in [5, 5.41) is 15.9. The molecule has 2 aromatic rings. The number of aliphatic imine (C=N–C) groups is 1. The maximum Gasteiger partial charge on any atom is 0.123 e. The van der Waals surface area contributed by atoms with E-state index in [1.807, 2.05) is 30.8 Å². The first kappa shape index (κ1) is 25.1. The van der Waals surface area contributed by atoms with Gasteiger partial charge in [0.05, 0.1) is 12.9 Å². The van der Waals surface area contributed by atoms with E-state index in [4.69, 9.17) is 5.73 Å². The SMILES string of the molecule is Cc1cc(F)ccc1[C@@](O)(CC1CN=CN1)C(C)SC1CCC(CCc2ccc(N)cc2)CC1. The van der Waals surface area contributed by atoms with Gasteiger partial charge in [-0.2, -0.15) is 11.8 Å². The molecule has 4 nitrogen and oxygen atoms in total. The molecule has 0 radical (unpaired) electrons. The molecule has 2 unspecified atom stereocenters. The number of hydrogen-bond donors (Lipinski definition) is 3. The van der Waals surface area contributed by atoms with Gasteiger partial charge < -0.3 is 16.2 Å². The van der Waals surface area contributed by atoms with E-state index in [9.17, 15) is 9.50 Å². The van der Waals surface area contributed by atoms with Crippen molar-refractivity contribution in [2.24, 2.45) is 10.9 Å². The quantitative estimate of drug-likeness (QED) is 0.406. The van der Waals surface area contributed by atoms with E-state index >= 15 is 0 Å². The maximum atomic E-state index is 13.8. The van der Waals surface area contributed by atoms with Crippen LogP contribution in [0.5, 0.6) is 0 Å². The molecule has 0 spiro atoms. The smallest absolute Gasteiger partial charge is 0.123 e. The van der Waals surface area contributed by atoms with Gasteiger partial charge in [-0.3, -0.25) is 4.99 Å². The topological polar surface area (TPSA) is 70.6 Å². The third-order valence-corrected chi connectivity index (χ3v) is 9.28. The van der Waals surface area contributed by atoms with Crippen LogP contribution in [-0.2, 0) is 12.0 Å². The van der Waals surface area contributed by atoms with Crippen LogP contribution in [0.25, 0.3) is 0 Å². The molecule has 0 aromatic heterocycles. The lowest BCUT2D eigenvalue weighted by Crippen LogP contribution is -2.44. The van der Waals surface area contributed by atoms with Crippen LogP contribution in [0.1, 0.15) is 62.1 Å². The lowest BCUT2D eigenvalue weighted by Gasteiger charge is -2.40. The highest BCUT2D eigenvalue weighted by atomic mass is 32.2. The van der Waals surface area contributed by atoms with Gasteiger partial charge in [0.1, 0.15) is 11.4 Å². The molecule has 1 heterocycles. The fourth-order valence-electron chi connectivity index (χ4n) is 5.51. The zero-order chi connectivity index (χ0) is 24.1. The molecule has 0 bridgehead atoms. The minimum Gasteiger partial charge on any atom is -0.399 e. The molecule has 1 aliphatic heterocycles. The minimum absolute atomic E-state index is 0.00427. The summed E-state index contributed by atoms with van der Waals surface area (Å²) in [6.45, 7) is 4.70. The number of anilines is 1. The zero-order valence-corrected chi connectivity index (χ0v) is 21.2. The first-order chi connectivity index (χ1) is 16.3. The summed E-state index contributed by atoms with van der Waals surface area (Å²) in [6, 6.07) is 13.1. The summed E-state index contributed by atoms with van der Waals surface area (Å²) in [5.74, 6) is 0.506. The van der Waals surface area contributed by atoms with Crippen LogP contribution in [0.4, 0.5) is 10.1 Å². The molecular weight excluding hydrogens is 445 g/mol. The molecule has 4 rings (SSSR count). The molecule has 6 heteroatoms. The third kappa shape index (κ3) is 6.14. The Morgan fingerprint density at radius 2 is 1.91 bits per heavy atom. The van der Waals surface area contributed by atoms with Gasteiger partial charge in [0.2, 0.25) is 0 Å². The summed E-state index contributed by atoms with van der Waals surface area (Å²) < 4.78 is 13.8. The lowest BCUT2D eigenvalue weighted by atomic mass is 9.82. The van der Waals surface area contributed by atoms with Crippen molar-refractivity contribution in [2.45, 2.75) is 80.9 Å². The Hall–Kier alpha value is -2.05. The van der Waals surface area contributed by atoms with Crippen LogP contribution in [-0.4, -0.2) is 34.5 Å². The van der Waals surface area contributed by atoms with Crippen molar-refractivity contribution in [1.29, 1.82) is 0 Å². The first-order valence-corrected chi connectivity index (χ1v) is 13.5. The zero-order valence-electron chi connectivity index (χ0n) is 20.3. The Bertz CT molecular complexity index is 966. The van der Waals surface area contributed by atoms with E-state index in [1.54, 1.807) is 12.4 Å². The van der Waals surface area contributed by atoms with E-state index in [-0.39, 0.29) is 17.1 Å². The van der Waals surface area contributed by atoms with Gasteiger partial charge >= 0.3 is 0 Å². The summed E-state index contributed by atoms with van der Waals surface area (Å²) in [7, 11) is 0. The number of nitrogen functional groups attached to an aromatic ring is 1. The number of nitrogens with two attached hydrogens (primary N) is 1. The molecular formula is C28H38FN3OS. The number of nitrogens with zero attached hydrogens (tertiary/aromatic N) is 1. The predicted octanol–water partition coefficient (Wildman–Crippen LogP) is 5.61. The number of benzene rings is 2. The molecule has 34 heavy (non-hydrogen) atoms. The predicted molar refractivity (Wildman–Crippen MR) is 142 cm³/mol. The first-order valence-electron chi connectivity index (χ1n) is 12.6. The summed E-state index contributed by atoms with van der Waals surface area (Å²) in [5.41, 5.74) is 8.59. The van der Waals surface area contributed by atoms with E-state index < -0.39 is 5.60 Å². The van der Waals surface area contributed by atoms with E-state index in [0.29, 0.717) is 18.2 Å². The molecule has 0 saturated heterocycles. The molecule has 0 amide bonds. The second-order valence-electron chi connectivity index (χ2n) is 10.1. The van der Waals surface area contributed by atoms with E-state index in [1.165, 1.54) is 49.8 Å². The fraction of sp³-hybridized carbons (Fsp3) is 0.536. The Balaban J connectivity index is 1.36. The number of aryl methyl sites for hydroxylation is 2. The molecule has 4 N–H and O–H groups in total. The van der Waals surface area contributed by atoms with Crippen molar-refractivity contribution in [3.63, 3.8) is 0 Å². The van der Waals surface area contributed by atoms with Crippen molar-refractivity contribution in [3.8, 4) is 0 Å². The minimum atomic E-state index is -1.04. The molecule has 1 aliphatic carbocycles. The van der Waals surface area contributed by atoms with Crippen molar-refractivity contribution >= 4 is 23.8 Å². The highest BCUT2D eigenvalue weighted by molar-refractivity contribution is 8.00. The van der Waals surface area contributed by atoms with Gasteiger partial charge in [-0.05, 0) is 92.3 Å². The number of hydrogen-bond acceptors (Lipinski definition) is 5. The van der Waals surface area contributed by atoms with Crippen LogP contribution >= 0.6 is 11.8 Å². The largest absolute Gasteiger partial charge is 0.399 e. The van der Waals surface area contributed by atoms with Crippen LogP contribution in [0.15, 0.2) is 47.5 Å². The normalized spacial score (nSPS) is 25.0. The Morgan fingerprint density at radius 3 is 2.56 bits per heavy atom. The van der Waals surface area contributed by atoms with E-state index in [2.05, 4.69) is 29.4 Å². The fourth-order valence-corrected chi connectivity index (χ4v) is 7.08. The van der Waals surface area contributed by atoms with Gasteiger partial charge in [-0.15, -0.1) is 0 Å². The Morgan fingerprint density at radius 1 is 1.18 bits per heavy atom. The van der Waals surface area contributed by atoms with Crippen molar-refractivity contribution in [3.05, 3.63) is 65.0 Å². The molecule has 1 saturated carbocycles. The summed E-state index contributed by atoms with van der Waals surface area (Å²) >= 11 is 1.91. The molecule has 184 valence electrons. The van der Waals surface area contributed by atoms with Crippen LogP contribution in [0.2, 0.25) is 0 Å². The molecule has 1 fully saturated rings. The second kappa shape index (κ2) is 11.1. The number of aliphatic hydroxyl groups is 1. The monoisotopic (exact) mass is 483 g/mol. The number of rotatable bonds is 9. The van der Waals surface area contributed by atoms with Crippen LogP contribution in [0.3, 0.4) is 0 Å². The molecule has 3 atom stereocenters. The van der Waals surface area contributed by atoms with Gasteiger partial charge in [-0.1, -0.05) is 25.1 Å². The van der Waals surface area contributed by atoms with Crippen LogP contribution in [0, 0.1) is 18.7 Å². The third-order valence-electron chi connectivity index (χ3n) is 7.62. The highest BCUT2D eigenvalue weighted by Crippen LogP contribution is 2.44. The molecule has 2 aliphatic rings. The van der Waals surface area contributed by atoms with Crippen molar-refractivity contribution < 1.29 is 9.50 Å². The number of thioether (sulfide) groups is 1. The van der Waals surface area contributed by atoms with Gasteiger partial charge in [0.15, 0.2) is 0 Å². The van der Waals surface area contributed by atoms with Crippen molar-refractivity contribution in [1.82, 2.24) is 5.32 Å². The average Bonchev–Trinajstić information content (AvgIpc) is 3.32. The van der Waals surface area contributed by atoms with Gasteiger partial charge in [0.25, 0.3) is 0 Å². The number of nitrogens with one attached hydrogen (secondary N) is 1. The summed E-state index contributed by atoms with van der Waals surface area (Å²) in [4.78, 5) is 4.29. The lowest BCUT2D eigenvalue weighted by molar-refractivity contribution is 0.0215. The average molecular weight is 484 g/mol. The summed E-state index contributed by atoms with van der Waals surface area (Å²) in [6.07, 6.45) is 9.48. The van der Waals surface area contributed by atoms with Gasteiger partial charge in [0, 0.05) is 28.6 Å².